The topological polar surface area (TPSA) is 56.5 Å². The Bertz CT molecular complexity index is 678. The van der Waals surface area contributed by atoms with Gasteiger partial charge in [0.1, 0.15) is 5.82 Å². The van der Waals surface area contributed by atoms with Gasteiger partial charge in [0.25, 0.3) is 0 Å². The highest BCUT2D eigenvalue weighted by Crippen LogP contribution is 2.36. The molecule has 0 fully saturated rings. The molecule has 21 heavy (non-hydrogen) atoms. The van der Waals surface area contributed by atoms with E-state index < -0.39 is 17.5 Å². The van der Waals surface area contributed by atoms with Gasteiger partial charge in [0, 0.05) is 24.3 Å². The average molecular weight is 298 g/mol. The van der Waals surface area contributed by atoms with Crippen LogP contribution in [0.3, 0.4) is 0 Å². The van der Waals surface area contributed by atoms with Crippen molar-refractivity contribution in [3.8, 4) is 11.5 Å². The summed E-state index contributed by atoms with van der Waals surface area (Å²) < 4.78 is 49.8. The third-order valence-corrected chi connectivity index (χ3v) is 2.84. The number of rotatable bonds is 4. The highest BCUT2D eigenvalue weighted by molar-refractivity contribution is 5.76. The van der Waals surface area contributed by atoms with Gasteiger partial charge in [0.05, 0.1) is 31.3 Å². The Morgan fingerprint density at radius 1 is 0.810 bits per heavy atom. The van der Waals surface area contributed by atoms with Crippen molar-refractivity contribution in [3.63, 3.8) is 0 Å². The molecule has 112 valence electrons. The zero-order valence-electron chi connectivity index (χ0n) is 11.3. The molecule has 2 rings (SSSR count). The van der Waals surface area contributed by atoms with Crippen molar-refractivity contribution in [2.45, 2.75) is 0 Å². The number of benzene rings is 2. The molecule has 0 amide bonds. The highest BCUT2D eigenvalue weighted by Gasteiger charge is 2.13. The van der Waals surface area contributed by atoms with Crippen molar-refractivity contribution in [1.29, 1.82) is 0 Å². The Morgan fingerprint density at radius 3 is 2.00 bits per heavy atom. The Hall–Kier alpha value is -2.57. The van der Waals surface area contributed by atoms with Crippen LogP contribution in [0.5, 0.6) is 11.5 Å². The number of nitrogen functional groups attached to an aromatic ring is 1. The number of methoxy groups -OCH3 is 2. The van der Waals surface area contributed by atoms with Crippen LogP contribution in [0.4, 0.5) is 30.2 Å². The Morgan fingerprint density at radius 2 is 1.38 bits per heavy atom. The number of nitrogens with one attached hydrogen (secondary N) is 1. The van der Waals surface area contributed by atoms with Gasteiger partial charge in [-0.3, -0.25) is 0 Å². The van der Waals surface area contributed by atoms with Crippen LogP contribution in [0.15, 0.2) is 24.3 Å². The van der Waals surface area contributed by atoms with Crippen molar-refractivity contribution in [2.24, 2.45) is 0 Å². The van der Waals surface area contributed by atoms with Gasteiger partial charge in [-0.1, -0.05) is 0 Å². The van der Waals surface area contributed by atoms with E-state index in [2.05, 4.69) is 5.32 Å². The minimum absolute atomic E-state index is 0.233. The number of halogens is 3. The quantitative estimate of drug-likeness (QED) is 0.670. The number of nitrogens with two attached hydrogens (primary N) is 1. The van der Waals surface area contributed by atoms with Crippen LogP contribution in [0.2, 0.25) is 0 Å². The lowest BCUT2D eigenvalue weighted by molar-refractivity contribution is 0.355. The maximum absolute atomic E-state index is 13.6. The third kappa shape index (κ3) is 2.96. The molecule has 0 unspecified atom stereocenters. The van der Waals surface area contributed by atoms with Crippen molar-refractivity contribution in [1.82, 2.24) is 0 Å². The average Bonchev–Trinajstić information content (AvgIpc) is 2.46. The fourth-order valence-corrected chi connectivity index (χ4v) is 1.77. The van der Waals surface area contributed by atoms with Gasteiger partial charge in [-0.05, 0) is 0 Å². The number of hydrogen-bond acceptors (Lipinski definition) is 4. The van der Waals surface area contributed by atoms with Crippen molar-refractivity contribution < 1.29 is 22.6 Å². The Balaban J connectivity index is 2.42. The first-order valence-electron chi connectivity index (χ1n) is 5.89. The summed E-state index contributed by atoms with van der Waals surface area (Å²) in [6.45, 7) is 0. The van der Waals surface area contributed by atoms with Gasteiger partial charge in [0.2, 0.25) is 0 Å². The maximum atomic E-state index is 13.6. The summed E-state index contributed by atoms with van der Waals surface area (Å²) in [5.74, 6) is -2.62. The van der Waals surface area contributed by atoms with Crippen molar-refractivity contribution in [3.05, 3.63) is 41.7 Å². The molecule has 3 N–H and O–H groups in total. The number of hydrogen-bond donors (Lipinski definition) is 2. The van der Waals surface area contributed by atoms with Crippen LogP contribution in [-0.2, 0) is 0 Å². The summed E-state index contributed by atoms with van der Waals surface area (Å²) in [7, 11) is 2.87. The predicted molar refractivity (Wildman–Crippen MR) is 73.6 cm³/mol. The lowest BCUT2D eigenvalue weighted by Gasteiger charge is -2.14. The lowest BCUT2D eigenvalue weighted by Crippen LogP contribution is -2.02. The predicted octanol–water partition coefficient (Wildman–Crippen LogP) is 3.45. The van der Waals surface area contributed by atoms with Crippen molar-refractivity contribution >= 4 is 17.1 Å². The smallest absolute Gasteiger partial charge is 0.162 e. The van der Waals surface area contributed by atoms with E-state index in [-0.39, 0.29) is 17.1 Å². The van der Waals surface area contributed by atoms with Gasteiger partial charge in [-0.2, -0.15) is 0 Å². The highest BCUT2D eigenvalue weighted by atomic mass is 19.2. The summed E-state index contributed by atoms with van der Waals surface area (Å²) in [6.07, 6.45) is 0. The molecule has 2 aromatic carbocycles. The van der Waals surface area contributed by atoms with E-state index in [1.807, 2.05) is 0 Å². The molecule has 0 bridgehead atoms. The van der Waals surface area contributed by atoms with Gasteiger partial charge in [-0.25, -0.2) is 13.2 Å². The third-order valence-electron chi connectivity index (χ3n) is 2.84. The second-order valence-corrected chi connectivity index (χ2v) is 4.17. The summed E-state index contributed by atoms with van der Waals surface area (Å²) in [4.78, 5) is 0. The van der Waals surface area contributed by atoms with Crippen LogP contribution in [0, 0.1) is 17.5 Å². The summed E-state index contributed by atoms with van der Waals surface area (Å²) >= 11 is 0. The number of anilines is 3. The van der Waals surface area contributed by atoms with E-state index in [1.165, 1.54) is 26.4 Å². The Labute approximate surface area is 119 Å². The fraction of sp³-hybridized carbons (Fsp3) is 0.143. The van der Waals surface area contributed by atoms with Crippen molar-refractivity contribution in [2.75, 3.05) is 25.3 Å². The molecular weight excluding hydrogens is 285 g/mol. The lowest BCUT2D eigenvalue weighted by atomic mass is 10.2. The van der Waals surface area contributed by atoms with Gasteiger partial charge in [0.15, 0.2) is 23.1 Å². The molecule has 4 nitrogen and oxygen atoms in total. The summed E-state index contributed by atoms with van der Waals surface area (Å²) in [5.41, 5.74) is 6.06. The summed E-state index contributed by atoms with van der Waals surface area (Å²) in [5, 5.41) is 2.59. The maximum Gasteiger partial charge on any atom is 0.162 e. The molecule has 0 aliphatic rings. The summed E-state index contributed by atoms with van der Waals surface area (Å²) in [6, 6.07) is 4.10. The van der Waals surface area contributed by atoms with E-state index in [9.17, 15) is 13.2 Å². The first kappa shape index (κ1) is 14.8. The van der Waals surface area contributed by atoms with E-state index in [0.29, 0.717) is 23.6 Å². The van der Waals surface area contributed by atoms with E-state index in [1.54, 1.807) is 0 Å². The van der Waals surface area contributed by atoms with Gasteiger partial charge in [-0.15, -0.1) is 0 Å². The molecule has 0 atom stereocenters. The Kier molecular flexibility index (Phi) is 4.11. The second-order valence-electron chi connectivity index (χ2n) is 4.17. The normalized spacial score (nSPS) is 10.3. The van der Waals surface area contributed by atoms with Crippen LogP contribution >= 0.6 is 0 Å². The monoisotopic (exact) mass is 298 g/mol. The largest absolute Gasteiger partial charge is 0.493 e. The zero-order valence-corrected chi connectivity index (χ0v) is 11.3. The van der Waals surface area contributed by atoms with E-state index in [0.717, 1.165) is 0 Å². The molecule has 0 aliphatic heterocycles. The molecule has 7 heteroatoms. The molecule has 2 aromatic rings. The molecule has 0 heterocycles. The van der Waals surface area contributed by atoms with Crippen LogP contribution < -0.4 is 20.5 Å². The first-order chi connectivity index (χ1) is 9.96. The van der Waals surface area contributed by atoms with Crippen LogP contribution in [-0.4, -0.2) is 14.2 Å². The van der Waals surface area contributed by atoms with Crippen LogP contribution in [0.25, 0.3) is 0 Å². The van der Waals surface area contributed by atoms with Crippen LogP contribution in [0.1, 0.15) is 0 Å². The van der Waals surface area contributed by atoms with Gasteiger partial charge >= 0.3 is 0 Å². The van der Waals surface area contributed by atoms with Gasteiger partial charge < -0.3 is 20.5 Å². The minimum Gasteiger partial charge on any atom is -0.493 e. The molecule has 0 aliphatic carbocycles. The SMILES string of the molecule is COc1cc(N)c(Nc2cc(F)c(F)cc2F)cc1OC. The molecule has 0 radical (unpaired) electrons. The molecular formula is C14H13F3N2O2. The zero-order chi connectivity index (χ0) is 15.6. The first-order valence-corrected chi connectivity index (χ1v) is 5.89. The second kappa shape index (κ2) is 5.82. The molecule has 0 spiro atoms. The van der Waals surface area contributed by atoms with E-state index in [4.69, 9.17) is 15.2 Å². The molecule has 0 saturated carbocycles. The molecule has 0 aromatic heterocycles. The van der Waals surface area contributed by atoms with E-state index >= 15 is 0 Å². The fourth-order valence-electron chi connectivity index (χ4n) is 1.77. The number of ether oxygens (including phenoxy) is 2. The standard InChI is InChI=1S/C14H13F3N2O2/c1-20-13-5-10(18)12(6-14(13)21-2)19-11-4-8(16)7(15)3-9(11)17/h3-6,19H,18H2,1-2H3. The molecule has 0 saturated heterocycles. The minimum atomic E-state index is -1.27.